The van der Waals surface area contributed by atoms with E-state index in [1.165, 1.54) is 6.07 Å². The van der Waals surface area contributed by atoms with Gasteiger partial charge >= 0.3 is 5.97 Å². The van der Waals surface area contributed by atoms with Crippen LogP contribution in [0.2, 0.25) is 0 Å². The molecule has 6 nitrogen and oxygen atoms in total. The van der Waals surface area contributed by atoms with Crippen molar-refractivity contribution in [2.24, 2.45) is 0 Å². The third kappa shape index (κ3) is 4.48. The Labute approximate surface area is 176 Å². The Morgan fingerprint density at radius 1 is 1.17 bits per heavy atom. The number of benzene rings is 2. The van der Waals surface area contributed by atoms with Crippen LogP contribution in [-0.2, 0) is 10.1 Å². The highest BCUT2D eigenvalue weighted by molar-refractivity contribution is 14.1. The summed E-state index contributed by atoms with van der Waals surface area (Å²) in [7, 11) is -5.90. The number of phenols is 1. The average molecular weight is 547 g/mol. The molecule has 12 heteroatoms. The summed E-state index contributed by atoms with van der Waals surface area (Å²) in [6.07, 6.45) is 0.653. The van der Waals surface area contributed by atoms with Crippen molar-refractivity contribution in [3.05, 3.63) is 50.1 Å². The van der Waals surface area contributed by atoms with Crippen LogP contribution in [0.1, 0.15) is 42.1 Å². The fraction of sp³-hybridized carbons (Fsp3) is 0.235. The average Bonchev–Trinajstić information content (AvgIpc) is 2.63. The van der Waals surface area contributed by atoms with Crippen LogP contribution in [-0.4, -0.2) is 24.0 Å². The van der Waals surface area contributed by atoms with Gasteiger partial charge in [0.25, 0.3) is 0 Å². The van der Waals surface area contributed by atoms with Gasteiger partial charge in [-0.2, -0.15) is 8.78 Å². The molecule has 2 rings (SSSR count). The summed E-state index contributed by atoms with van der Waals surface area (Å²) in [4.78, 5) is 9.94. The van der Waals surface area contributed by atoms with E-state index in [-0.39, 0.29) is 9.49 Å². The molecule has 0 aliphatic carbocycles. The number of carbonyl (C=O) groups excluding carboxylic acids is 1. The zero-order valence-corrected chi connectivity index (χ0v) is 17.7. The van der Waals surface area contributed by atoms with Gasteiger partial charge in [0.15, 0.2) is 11.6 Å². The number of hydrogen-bond acceptors (Lipinski definition) is 6. The molecule has 29 heavy (non-hydrogen) atoms. The van der Waals surface area contributed by atoms with E-state index in [0.29, 0.717) is 12.0 Å². The van der Waals surface area contributed by atoms with Crippen molar-refractivity contribution in [3.63, 3.8) is 0 Å². The predicted octanol–water partition coefficient (Wildman–Crippen LogP) is 4.19. The molecule has 1 unspecified atom stereocenters. The molecule has 0 saturated carbocycles. The molecule has 1 atom stereocenters. The maximum absolute atomic E-state index is 14.0. The number of aromatic hydroxyl groups is 1. The van der Waals surface area contributed by atoms with Gasteiger partial charge in [-0.15, -0.1) is 0 Å². The number of rotatable bonds is 5. The van der Waals surface area contributed by atoms with Gasteiger partial charge in [-0.05, 0) is 52.6 Å². The Balaban J connectivity index is 2.59. The molecule has 0 fully saturated rings. The number of hydrogen-bond donors (Lipinski definition) is 1. The van der Waals surface area contributed by atoms with Crippen LogP contribution >= 0.6 is 22.6 Å². The van der Waals surface area contributed by atoms with Crippen molar-refractivity contribution >= 4 is 38.7 Å². The summed E-state index contributed by atoms with van der Waals surface area (Å²) in [5, 5.41) is 10.1. The number of halogens is 5. The molecular weight excluding hydrogens is 535 g/mol. The first-order valence-corrected chi connectivity index (χ1v) is 10.4. The van der Waals surface area contributed by atoms with Crippen molar-refractivity contribution in [2.75, 3.05) is 0 Å². The van der Waals surface area contributed by atoms with Gasteiger partial charge in [-0.25, -0.2) is 22.0 Å². The lowest BCUT2D eigenvalue weighted by atomic mass is 9.96. The van der Waals surface area contributed by atoms with Crippen molar-refractivity contribution in [1.29, 1.82) is 0 Å². The van der Waals surface area contributed by atoms with Crippen molar-refractivity contribution in [3.8, 4) is 11.5 Å². The third-order valence-corrected chi connectivity index (χ3v) is 5.80. The minimum Gasteiger partial charge on any atom is -0.744 e. The van der Waals surface area contributed by atoms with Crippen LogP contribution in [0.15, 0.2) is 17.0 Å². The lowest BCUT2D eigenvalue weighted by Gasteiger charge is -2.16. The SMILES string of the molecule is CCC(C)c1cc(I)c(O)c(C(=O)Oc2c(F)c(F)c(S(=O)(=O)[O-])c(F)c2F)c1. The summed E-state index contributed by atoms with van der Waals surface area (Å²) in [5.41, 5.74) is 0.0418. The van der Waals surface area contributed by atoms with E-state index in [2.05, 4.69) is 4.74 Å². The Morgan fingerprint density at radius 3 is 2.14 bits per heavy atom. The van der Waals surface area contributed by atoms with Gasteiger partial charge in [0.1, 0.15) is 26.3 Å². The standard InChI is InChI=1S/C17H13F4IO6S/c1-3-6(2)7-4-8(14(23)9(22)5-7)17(24)28-15-10(18)12(20)16(29(25,26)27)13(21)11(15)19/h4-6,23H,3H2,1-2H3,(H,25,26,27)/p-1. The molecule has 0 bridgehead atoms. The van der Waals surface area contributed by atoms with Crippen LogP contribution in [0.3, 0.4) is 0 Å². The molecule has 0 amide bonds. The number of esters is 1. The predicted molar refractivity (Wildman–Crippen MR) is 98.7 cm³/mol. The fourth-order valence-corrected chi connectivity index (χ4v) is 3.61. The molecule has 1 N–H and O–H groups in total. The summed E-state index contributed by atoms with van der Waals surface area (Å²) >= 11 is 1.70. The van der Waals surface area contributed by atoms with Crippen molar-refractivity contribution in [2.45, 2.75) is 31.1 Å². The zero-order chi connectivity index (χ0) is 22.3. The first-order chi connectivity index (χ1) is 13.3. The zero-order valence-electron chi connectivity index (χ0n) is 14.7. The first kappa shape index (κ1) is 23.3. The van der Waals surface area contributed by atoms with E-state index in [9.17, 15) is 40.4 Å². The maximum Gasteiger partial charge on any atom is 0.347 e. The third-order valence-electron chi connectivity index (χ3n) is 4.11. The minimum absolute atomic E-state index is 0.0689. The van der Waals surface area contributed by atoms with Crippen molar-refractivity contribution in [1.82, 2.24) is 0 Å². The summed E-state index contributed by atoms with van der Waals surface area (Å²) < 4.78 is 92.7. The second-order valence-electron chi connectivity index (χ2n) is 5.97. The van der Waals surface area contributed by atoms with Crippen LogP contribution in [0, 0.1) is 26.8 Å². The molecule has 0 heterocycles. The fourth-order valence-electron chi connectivity index (χ4n) is 2.34. The smallest absolute Gasteiger partial charge is 0.347 e. The highest BCUT2D eigenvalue weighted by atomic mass is 127. The van der Waals surface area contributed by atoms with Crippen LogP contribution in [0.25, 0.3) is 0 Å². The molecule has 2 aromatic carbocycles. The van der Waals surface area contributed by atoms with Gasteiger partial charge in [0.2, 0.25) is 17.4 Å². The van der Waals surface area contributed by atoms with E-state index in [4.69, 9.17) is 0 Å². The van der Waals surface area contributed by atoms with E-state index in [1.807, 2.05) is 13.8 Å². The molecule has 0 saturated heterocycles. The summed E-state index contributed by atoms with van der Waals surface area (Å²) in [6, 6.07) is 2.75. The molecule has 0 spiro atoms. The molecule has 0 aromatic heterocycles. The highest BCUT2D eigenvalue weighted by Crippen LogP contribution is 2.35. The second kappa shape index (κ2) is 8.44. The normalized spacial score (nSPS) is 12.7. The lowest BCUT2D eigenvalue weighted by Crippen LogP contribution is -2.16. The van der Waals surface area contributed by atoms with Crippen LogP contribution < -0.4 is 4.74 Å². The molecule has 158 valence electrons. The second-order valence-corrected chi connectivity index (χ2v) is 8.44. The number of carbonyl (C=O) groups is 1. The topological polar surface area (TPSA) is 104 Å². The largest absolute Gasteiger partial charge is 0.744 e. The number of phenolic OH excluding ortho intramolecular Hbond substituents is 1. The monoisotopic (exact) mass is 547 g/mol. The molecule has 2 aromatic rings. The molecule has 0 aliphatic heterocycles. The Bertz CT molecular complexity index is 1070. The van der Waals surface area contributed by atoms with E-state index in [1.54, 1.807) is 28.7 Å². The van der Waals surface area contributed by atoms with Gasteiger partial charge in [0.05, 0.1) is 3.57 Å². The van der Waals surface area contributed by atoms with Crippen LogP contribution in [0.4, 0.5) is 17.6 Å². The minimum atomic E-state index is -5.90. The summed E-state index contributed by atoms with van der Waals surface area (Å²) in [5.74, 6) is -14.0. The van der Waals surface area contributed by atoms with Gasteiger partial charge in [-0.1, -0.05) is 13.8 Å². The maximum atomic E-state index is 14.0. The van der Waals surface area contributed by atoms with E-state index < -0.39 is 61.3 Å². The molecular formula is C17H12F4IO6S-. The number of ether oxygens (including phenoxy) is 1. The van der Waals surface area contributed by atoms with Crippen LogP contribution in [0.5, 0.6) is 11.5 Å². The van der Waals surface area contributed by atoms with Crippen molar-refractivity contribution < 1.29 is 45.2 Å². The molecule has 0 radical (unpaired) electrons. The molecule has 0 aliphatic rings. The first-order valence-electron chi connectivity index (χ1n) is 7.87. The quantitative estimate of drug-likeness (QED) is 0.151. The Kier molecular flexibility index (Phi) is 6.79. The van der Waals surface area contributed by atoms with E-state index >= 15 is 0 Å². The van der Waals surface area contributed by atoms with Gasteiger partial charge < -0.3 is 14.4 Å². The van der Waals surface area contributed by atoms with E-state index in [0.717, 1.165) is 0 Å². The van der Waals surface area contributed by atoms with Gasteiger partial charge in [-0.3, -0.25) is 0 Å². The van der Waals surface area contributed by atoms with Gasteiger partial charge in [0, 0.05) is 0 Å². The Hall–Kier alpha value is -1.93. The highest BCUT2D eigenvalue weighted by Gasteiger charge is 2.32. The Morgan fingerprint density at radius 2 is 1.69 bits per heavy atom. The summed E-state index contributed by atoms with van der Waals surface area (Å²) in [6.45, 7) is 3.66. The lowest BCUT2D eigenvalue weighted by molar-refractivity contribution is 0.0713.